The number of imidazole rings is 1. The summed E-state index contributed by atoms with van der Waals surface area (Å²) >= 11 is 12.3. The molecule has 0 unspecified atom stereocenters. The third kappa shape index (κ3) is 2.56. The van der Waals surface area contributed by atoms with Crippen LogP contribution in [-0.2, 0) is 12.8 Å². The van der Waals surface area contributed by atoms with Gasteiger partial charge in [-0.1, -0.05) is 29.3 Å². The second-order valence-corrected chi connectivity index (χ2v) is 6.20. The molecule has 23 heavy (non-hydrogen) atoms. The lowest BCUT2D eigenvalue weighted by Gasteiger charge is -2.01. The number of pyridine rings is 2. The Balaban J connectivity index is 1.62. The molecule has 0 fully saturated rings. The number of rotatable bonds is 3. The molecule has 7 heteroatoms. The minimum Gasteiger partial charge on any atom is -0.307 e. The molecule has 0 bridgehead atoms. The molecule has 0 aliphatic heterocycles. The SMILES string of the molecule is Cc1c(Cl)cc(Cl)c2nc(CCc3cn4ccccc4n3)nn12. The van der Waals surface area contributed by atoms with Gasteiger partial charge in [0.05, 0.1) is 21.4 Å². The Morgan fingerprint density at radius 2 is 1.96 bits per heavy atom. The molecule has 0 aliphatic rings. The van der Waals surface area contributed by atoms with E-state index in [0.29, 0.717) is 22.1 Å². The van der Waals surface area contributed by atoms with Crippen molar-refractivity contribution in [1.29, 1.82) is 0 Å². The first-order valence-electron chi connectivity index (χ1n) is 7.25. The van der Waals surface area contributed by atoms with Gasteiger partial charge in [-0.25, -0.2) is 14.5 Å². The zero-order chi connectivity index (χ0) is 16.0. The number of hydrogen-bond acceptors (Lipinski definition) is 3. The van der Waals surface area contributed by atoms with Crippen molar-refractivity contribution in [2.45, 2.75) is 19.8 Å². The van der Waals surface area contributed by atoms with Crippen LogP contribution in [-0.4, -0.2) is 24.0 Å². The van der Waals surface area contributed by atoms with Gasteiger partial charge in [0.25, 0.3) is 0 Å². The molecule has 116 valence electrons. The summed E-state index contributed by atoms with van der Waals surface area (Å²) in [6.45, 7) is 1.90. The van der Waals surface area contributed by atoms with Gasteiger partial charge >= 0.3 is 0 Å². The Hall–Kier alpha value is -2.11. The van der Waals surface area contributed by atoms with E-state index in [1.807, 2.05) is 41.9 Å². The van der Waals surface area contributed by atoms with Crippen molar-refractivity contribution < 1.29 is 0 Å². The second kappa shape index (κ2) is 5.51. The van der Waals surface area contributed by atoms with E-state index in [9.17, 15) is 0 Å². The maximum Gasteiger partial charge on any atom is 0.174 e. The van der Waals surface area contributed by atoms with Crippen LogP contribution in [0.1, 0.15) is 17.2 Å². The summed E-state index contributed by atoms with van der Waals surface area (Å²) in [7, 11) is 0. The molecule has 4 aromatic heterocycles. The Labute approximate surface area is 142 Å². The molecule has 0 N–H and O–H groups in total. The van der Waals surface area contributed by atoms with Crippen LogP contribution < -0.4 is 0 Å². The summed E-state index contributed by atoms with van der Waals surface area (Å²) < 4.78 is 3.71. The predicted octanol–water partition coefficient (Wildman–Crippen LogP) is 3.78. The largest absolute Gasteiger partial charge is 0.307 e. The van der Waals surface area contributed by atoms with Crippen LogP contribution in [0.3, 0.4) is 0 Å². The summed E-state index contributed by atoms with van der Waals surface area (Å²) in [4.78, 5) is 9.09. The summed E-state index contributed by atoms with van der Waals surface area (Å²) in [6.07, 6.45) is 5.47. The van der Waals surface area contributed by atoms with Crippen LogP contribution >= 0.6 is 23.2 Å². The first-order chi connectivity index (χ1) is 11.1. The number of aromatic nitrogens is 5. The zero-order valence-electron chi connectivity index (χ0n) is 12.4. The number of aryl methyl sites for hydroxylation is 3. The lowest BCUT2D eigenvalue weighted by atomic mass is 10.2. The fourth-order valence-corrected chi connectivity index (χ4v) is 3.05. The van der Waals surface area contributed by atoms with Gasteiger partial charge in [0.15, 0.2) is 11.5 Å². The normalized spacial score (nSPS) is 11.6. The number of halogens is 2. The highest BCUT2D eigenvalue weighted by Gasteiger charge is 2.12. The smallest absolute Gasteiger partial charge is 0.174 e. The zero-order valence-corrected chi connectivity index (χ0v) is 13.9. The Bertz CT molecular complexity index is 985. The highest BCUT2D eigenvalue weighted by Crippen LogP contribution is 2.24. The fraction of sp³-hybridized carbons (Fsp3) is 0.188. The maximum atomic E-state index is 6.19. The number of fused-ring (bicyclic) bond motifs is 2. The highest BCUT2D eigenvalue weighted by atomic mass is 35.5. The molecule has 4 heterocycles. The average Bonchev–Trinajstić information content (AvgIpc) is 3.14. The third-order valence-electron chi connectivity index (χ3n) is 3.80. The Morgan fingerprint density at radius 3 is 2.78 bits per heavy atom. The topological polar surface area (TPSA) is 47.5 Å². The molecule has 0 aliphatic carbocycles. The summed E-state index contributed by atoms with van der Waals surface area (Å²) in [5, 5.41) is 5.59. The van der Waals surface area contributed by atoms with Crippen molar-refractivity contribution in [1.82, 2.24) is 24.0 Å². The van der Waals surface area contributed by atoms with E-state index in [1.165, 1.54) is 0 Å². The van der Waals surface area contributed by atoms with E-state index in [0.717, 1.165) is 29.3 Å². The van der Waals surface area contributed by atoms with Gasteiger partial charge in [-0.15, -0.1) is 0 Å². The van der Waals surface area contributed by atoms with E-state index >= 15 is 0 Å². The first-order valence-corrected chi connectivity index (χ1v) is 8.00. The molecule has 0 saturated carbocycles. The van der Waals surface area contributed by atoms with Crippen LogP contribution in [0.25, 0.3) is 11.3 Å². The van der Waals surface area contributed by atoms with Crippen molar-refractivity contribution in [3.05, 3.63) is 63.9 Å². The van der Waals surface area contributed by atoms with Gasteiger partial charge in [-0.3, -0.25) is 0 Å². The van der Waals surface area contributed by atoms with Gasteiger partial charge in [-0.05, 0) is 31.5 Å². The Kier molecular flexibility index (Phi) is 3.47. The van der Waals surface area contributed by atoms with Crippen LogP contribution in [0.2, 0.25) is 10.0 Å². The minimum absolute atomic E-state index is 0.507. The van der Waals surface area contributed by atoms with E-state index < -0.39 is 0 Å². The second-order valence-electron chi connectivity index (χ2n) is 5.39. The van der Waals surface area contributed by atoms with Crippen LogP contribution in [0, 0.1) is 6.92 Å². The molecule has 0 spiro atoms. The van der Waals surface area contributed by atoms with Crippen molar-refractivity contribution in [2.24, 2.45) is 0 Å². The van der Waals surface area contributed by atoms with Gasteiger partial charge in [0, 0.05) is 18.8 Å². The summed E-state index contributed by atoms with van der Waals surface area (Å²) in [5.74, 6) is 0.731. The van der Waals surface area contributed by atoms with Gasteiger partial charge in [0.2, 0.25) is 0 Å². The Morgan fingerprint density at radius 1 is 1.09 bits per heavy atom. The number of nitrogens with zero attached hydrogens (tertiary/aromatic N) is 5. The average molecular weight is 346 g/mol. The molecule has 4 rings (SSSR count). The predicted molar refractivity (Wildman–Crippen MR) is 90.3 cm³/mol. The summed E-state index contributed by atoms with van der Waals surface area (Å²) in [5.41, 5.74) is 3.42. The number of hydrogen-bond donors (Lipinski definition) is 0. The van der Waals surface area contributed by atoms with E-state index in [4.69, 9.17) is 23.2 Å². The van der Waals surface area contributed by atoms with E-state index in [2.05, 4.69) is 15.1 Å². The van der Waals surface area contributed by atoms with Gasteiger partial charge in [-0.2, -0.15) is 5.10 Å². The molecular weight excluding hydrogens is 333 g/mol. The molecular formula is C16H13Cl2N5. The molecule has 4 aromatic rings. The van der Waals surface area contributed by atoms with Crippen LogP contribution in [0.15, 0.2) is 36.7 Å². The standard InChI is InChI=1S/C16H13Cl2N5/c1-10-12(17)8-13(18)16-20-14(21-23(10)16)6-5-11-9-22-7-3-2-4-15(22)19-11/h2-4,7-9H,5-6H2,1H3. The van der Waals surface area contributed by atoms with Crippen molar-refractivity contribution in [3.63, 3.8) is 0 Å². The molecule has 0 aromatic carbocycles. The van der Waals surface area contributed by atoms with Crippen LogP contribution in [0.4, 0.5) is 0 Å². The van der Waals surface area contributed by atoms with E-state index in [-0.39, 0.29) is 0 Å². The van der Waals surface area contributed by atoms with Gasteiger partial charge in [0.1, 0.15) is 5.65 Å². The lowest BCUT2D eigenvalue weighted by molar-refractivity contribution is 0.814. The van der Waals surface area contributed by atoms with Crippen molar-refractivity contribution in [3.8, 4) is 0 Å². The molecule has 0 atom stereocenters. The maximum absolute atomic E-state index is 6.19. The molecule has 5 nitrogen and oxygen atoms in total. The third-order valence-corrected chi connectivity index (χ3v) is 4.46. The molecule has 0 amide bonds. The molecule has 0 radical (unpaired) electrons. The van der Waals surface area contributed by atoms with Crippen molar-refractivity contribution >= 4 is 34.5 Å². The quantitative estimate of drug-likeness (QED) is 0.567. The lowest BCUT2D eigenvalue weighted by Crippen LogP contribution is -1.97. The van der Waals surface area contributed by atoms with Crippen LogP contribution in [0.5, 0.6) is 0 Å². The fourth-order valence-electron chi connectivity index (χ4n) is 2.58. The monoisotopic (exact) mass is 345 g/mol. The summed E-state index contributed by atoms with van der Waals surface area (Å²) in [6, 6.07) is 7.65. The van der Waals surface area contributed by atoms with Crippen molar-refractivity contribution in [2.75, 3.05) is 0 Å². The van der Waals surface area contributed by atoms with Gasteiger partial charge < -0.3 is 4.40 Å². The molecule has 0 saturated heterocycles. The highest BCUT2D eigenvalue weighted by molar-refractivity contribution is 6.36. The first kappa shape index (κ1) is 14.5. The van der Waals surface area contributed by atoms with E-state index in [1.54, 1.807) is 10.6 Å². The minimum atomic E-state index is 0.507.